The van der Waals surface area contributed by atoms with Crippen LogP contribution >= 0.6 is 0 Å². The normalized spacial score (nSPS) is 13.2. The van der Waals surface area contributed by atoms with Gasteiger partial charge in [0.15, 0.2) is 11.6 Å². The fourth-order valence-corrected chi connectivity index (χ4v) is 2.99. The molecule has 0 spiro atoms. The lowest BCUT2D eigenvalue weighted by molar-refractivity contribution is 0.0640. The smallest absolute Gasteiger partial charge is 0.261 e. The van der Waals surface area contributed by atoms with E-state index in [0.29, 0.717) is 16.8 Å². The van der Waals surface area contributed by atoms with Gasteiger partial charge in [0.1, 0.15) is 12.7 Å². The molecule has 8 heteroatoms. The van der Waals surface area contributed by atoms with Gasteiger partial charge in [0.2, 0.25) is 0 Å². The first kappa shape index (κ1) is 15.9. The molecule has 2 amide bonds. The summed E-state index contributed by atoms with van der Waals surface area (Å²) in [6.07, 6.45) is 2.72. The highest BCUT2D eigenvalue weighted by Crippen LogP contribution is 2.30. The second-order valence-corrected chi connectivity index (χ2v) is 5.66. The van der Waals surface area contributed by atoms with E-state index in [9.17, 15) is 14.0 Å². The molecule has 0 atom stereocenters. The standard InChI is InChI=1S/C18H13FN4O3/c1-26-15-7-6-14(23-10-20-9-21-23)13(16(15)19)8-22-17(24)11-4-2-3-5-12(11)18(22)25/h2-7,9-10H,8H2,1H3. The van der Waals surface area contributed by atoms with Crippen LogP contribution in [0.15, 0.2) is 49.1 Å². The molecule has 3 aromatic rings. The van der Waals surface area contributed by atoms with Crippen LogP contribution in [0.2, 0.25) is 0 Å². The summed E-state index contributed by atoms with van der Waals surface area (Å²) in [7, 11) is 1.35. The van der Waals surface area contributed by atoms with Crippen LogP contribution in [0.3, 0.4) is 0 Å². The van der Waals surface area contributed by atoms with Crippen molar-refractivity contribution in [2.75, 3.05) is 7.11 Å². The van der Waals surface area contributed by atoms with Gasteiger partial charge in [-0.15, -0.1) is 0 Å². The maximum atomic E-state index is 14.9. The molecular weight excluding hydrogens is 339 g/mol. The van der Waals surface area contributed by atoms with Crippen molar-refractivity contribution < 1.29 is 18.7 Å². The first-order valence-corrected chi connectivity index (χ1v) is 7.77. The lowest BCUT2D eigenvalue weighted by atomic mass is 10.1. The Bertz CT molecular complexity index is 982. The Balaban J connectivity index is 1.79. The number of benzene rings is 2. The molecular formula is C18H13FN4O3. The van der Waals surface area contributed by atoms with E-state index in [2.05, 4.69) is 10.1 Å². The summed E-state index contributed by atoms with van der Waals surface area (Å²) in [5.74, 6) is -1.56. The molecule has 1 aliphatic rings. The van der Waals surface area contributed by atoms with Crippen molar-refractivity contribution in [2.45, 2.75) is 6.54 Å². The van der Waals surface area contributed by atoms with E-state index in [0.717, 1.165) is 4.90 Å². The predicted molar refractivity (Wildman–Crippen MR) is 88.5 cm³/mol. The van der Waals surface area contributed by atoms with Gasteiger partial charge in [0.05, 0.1) is 30.5 Å². The third-order valence-electron chi connectivity index (χ3n) is 4.26. The Kier molecular flexibility index (Phi) is 3.72. The van der Waals surface area contributed by atoms with Gasteiger partial charge in [-0.3, -0.25) is 14.5 Å². The molecule has 130 valence electrons. The van der Waals surface area contributed by atoms with Gasteiger partial charge in [0, 0.05) is 5.56 Å². The van der Waals surface area contributed by atoms with Gasteiger partial charge >= 0.3 is 0 Å². The van der Waals surface area contributed by atoms with Crippen molar-refractivity contribution in [3.63, 3.8) is 0 Å². The van der Waals surface area contributed by atoms with Crippen molar-refractivity contribution in [2.24, 2.45) is 0 Å². The van der Waals surface area contributed by atoms with Crippen LogP contribution in [-0.4, -0.2) is 38.6 Å². The highest BCUT2D eigenvalue weighted by atomic mass is 19.1. The summed E-state index contributed by atoms with van der Waals surface area (Å²) in [6, 6.07) is 9.58. The molecule has 0 saturated carbocycles. The van der Waals surface area contributed by atoms with Crippen LogP contribution in [0.25, 0.3) is 5.69 Å². The van der Waals surface area contributed by atoms with Crippen LogP contribution in [-0.2, 0) is 6.54 Å². The van der Waals surface area contributed by atoms with Crippen LogP contribution < -0.4 is 4.74 Å². The zero-order valence-corrected chi connectivity index (χ0v) is 13.7. The largest absolute Gasteiger partial charge is 0.494 e. The Morgan fingerprint density at radius 3 is 2.35 bits per heavy atom. The number of imide groups is 1. The average Bonchev–Trinajstić information content (AvgIpc) is 3.27. The van der Waals surface area contributed by atoms with E-state index in [4.69, 9.17) is 4.74 Å². The van der Waals surface area contributed by atoms with Crippen molar-refractivity contribution in [1.82, 2.24) is 19.7 Å². The monoisotopic (exact) mass is 352 g/mol. The molecule has 1 aromatic heterocycles. The first-order valence-electron chi connectivity index (χ1n) is 7.77. The molecule has 1 aliphatic heterocycles. The zero-order chi connectivity index (χ0) is 18.3. The number of hydrogen-bond acceptors (Lipinski definition) is 5. The molecule has 26 heavy (non-hydrogen) atoms. The summed E-state index contributed by atoms with van der Waals surface area (Å²) in [4.78, 5) is 30.1. The number of fused-ring (bicyclic) bond motifs is 1. The average molecular weight is 352 g/mol. The molecule has 0 saturated heterocycles. The molecule has 2 aromatic carbocycles. The van der Waals surface area contributed by atoms with Crippen molar-refractivity contribution in [3.05, 3.63) is 71.6 Å². The number of rotatable bonds is 4. The molecule has 0 aliphatic carbocycles. The van der Waals surface area contributed by atoms with Crippen LogP contribution in [0.4, 0.5) is 4.39 Å². The first-order chi connectivity index (χ1) is 12.6. The predicted octanol–water partition coefficient (Wildman–Crippen LogP) is 2.21. The number of methoxy groups -OCH3 is 1. The number of hydrogen-bond donors (Lipinski definition) is 0. The summed E-state index contributed by atoms with van der Waals surface area (Å²) in [6.45, 7) is -0.245. The third kappa shape index (κ3) is 2.34. The highest BCUT2D eigenvalue weighted by molar-refractivity contribution is 6.21. The number of carbonyl (C=O) groups is 2. The summed E-state index contributed by atoms with van der Waals surface area (Å²) < 4.78 is 21.3. The molecule has 0 bridgehead atoms. The number of amides is 2. The summed E-state index contributed by atoms with van der Waals surface area (Å²) in [5.41, 5.74) is 1.10. The van der Waals surface area contributed by atoms with Gasteiger partial charge in [-0.2, -0.15) is 5.10 Å². The van der Waals surface area contributed by atoms with Gasteiger partial charge in [-0.1, -0.05) is 12.1 Å². The molecule has 0 N–H and O–H groups in total. The van der Waals surface area contributed by atoms with Gasteiger partial charge in [0.25, 0.3) is 11.8 Å². The summed E-state index contributed by atoms with van der Waals surface area (Å²) >= 11 is 0. The van der Waals surface area contributed by atoms with E-state index in [1.807, 2.05) is 0 Å². The van der Waals surface area contributed by atoms with Gasteiger partial charge in [-0.25, -0.2) is 14.1 Å². The minimum absolute atomic E-state index is 0.0143. The van der Waals surface area contributed by atoms with E-state index < -0.39 is 17.6 Å². The molecule has 0 radical (unpaired) electrons. The number of halogens is 1. The minimum atomic E-state index is -0.656. The van der Waals surface area contributed by atoms with Crippen molar-refractivity contribution >= 4 is 11.8 Å². The summed E-state index contributed by atoms with van der Waals surface area (Å²) in [5, 5.41) is 4.01. The zero-order valence-electron chi connectivity index (χ0n) is 13.7. The maximum Gasteiger partial charge on any atom is 0.261 e. The highest BCUT2D eigenvalue weighted by Gasteiger charge is 2.36. The second kappa shape index (κ2) is 6.07. The Morgan fingerprint density at radius 1 is 1.08 bits per heavy atom. The van der Waals surface area contributed by atoms with Crippen molar-refractivity contribution in [1.29, 1.82) is 0 Å². The molecule has 7 nitrogen and oxygen atoms in total. The van der Waals surface area contributed by atoms with E-state index in [-0.39, 0.29) is 17.9 Å². The molecule has 4 rings (SSSR count). The second-order valence-electron chi connectivity index (χ2n) is 5.66. The van der Waals surface area contributed by atoms with Crippen LogP contribution in [0, 0.1) is 5.82 Å². The topological polar surface area (TPSA) is 77.3 Å². The molecule has 0 fully saturated rings. The third-order valence-corrected chi connectivity index (χ3v) is 4.26. The number of aromatic nitrogens is 3. The van der Waals surface area contributed by atoms with E-state index >= 15 is 0 Å². The molecule has 2 heterocycles. The number of carbonyl (C=O) groups excluding carboxylic acids is 2. The van der Waals surface area contributed by atoms with E-state index in [1.165, 1.54) is 30.5 Å². The fraction of sp³-hybridized carbons (Fsp3) is 0.111. The van der Waals surface area contributed by atoms with Crippen molar-refractivity contribution in [3.8, 4) is 11.4 Å². The van der Waals surface area contributed by atoms with Gasteiger partial charge < -0.3 is 4.74 Å². The SMILES string of the molecule is COc1ccc(-n2cncn2)c(CN2C(=O)c3ccccc3C2=O)c1F. The number of nitrogens with zero attached hydrogens (tertiary/aromatic N) is 4. The Hall–Kier alpha value is -3.55. The quantitative estimate of drug-likeness (QED) is 0.673. The maximum absolute atomic E-state index is 14.9. The van der Waals surface area contributed by atoms with Crippen LogP contribution in [0.5, 0.6) is 5.75 Å². The molecule has 0 unspecified atom stereocenters. The van der Waals surface area contributed by atoms with Gasteiger partial charge in [-0.05, 0) is 24.3 Å². The Labute approximate surface area is 147 Å². The Morgan fingerprint density at radius 2 is 1.77 bits per heavy atom. The lowest BCUT2D eigenvalue weighted by Crippen LogP contribution is -2.30. The minimum Gasteiger partial charge on any atom is -0.494 e. The van der Waals surface area contributed by atoms with E-state index in [1.54, 1.807) is 30.3 Å². The lowest BCUT2D eigenvalue weighted by Gasteiger charge is -2.18. The fourth-order valence-electron chi connectivity index (χ4n) is 2.99. The number of ether oxygens (including phenoxy) is 1. The van der Waals surface area contributed by atoms with Crippen LogP contribution in [0.1, 0.15) is 26.3 Å².